The Hall–Kier alpha value is -0.460. The molecule has 77 valence electrons. The van der Waals surface area contributed by atoms with Crippen LogP contribution in [-0.4, -0.2) is 6.61 Å². The van der Waals surface area contributed by atoms with Crippen LogP contribution in [0.3, 0.4) is 0 Å². The lowest BCUT2D eigenvalue weighted by atomic mass is 10.1. The van der Waals surface area contributed by atoms with E-state index in [1.807, 2.05) is 12.3 Å². The van der Waals surface area contributed by atoms with Crippen LogP contribution in [0.25, 0.3) is 0 Å². The molecule has 0 aliphatic heterocycles. The summed E-state index contributed by atoms with van der Waals surface area (Å²) in [5.41, 5.74) is 0. The highest BCUT2D eigenvalue weighted by atomic mass is 16.5. The summed E-state index contributed by atoms with van der Waals surface area (Å²) in [6, 6.07) is 0. The van der Waals surface area contributed by atoms with Gasteiger partial charge < -0.3 is 4.74 Å². The van der Waals surface area contributed by atoms with Gasteiger partial charge in [-0.25, -0.2) is 0 Å². The Morgan fingerprint density at radius 1 is 1.08 bits per heavy atom. The molecule has 0 amide bonds. The van der Waals surface area contributed by atoms with Gasteiger partial charge in [0.25, 0.3) is 0 Å². The van der Waals surface area contributed by atoms with Gasteiger partial charge in [0.1, 0.15) is 0 Å². The number of unbranched alkanes of at least 4 members (excludes halogenated alkanes) is 5. The molecule has 0 fully saturated rings. The molecule has 0 spiro atoms. The summed E-state index contributed by atoms with van der Waals surface area (Å²) >= 11 is 0. The van der Waals surface area contributed by atoms with Gasteiger partial charge in [-0.1, -0.05) is 52.0 Å². The van der Waals surface area contributed by atoms with Gasteiger partial charge >= 0.3 is 0 Å². The number of rotatable bonds is 9. The van der Waals surface area contributed by atoms with Gasteiger partial charge in [0, 0.05) is 0 Å². The molecule has 0 aliphatic carbocycles. The van der Waals surface area contributed by atoms with Gasteiger partial charge in [-0.2, -0.15) is 0 Å². The van der Waals surface area contributed by atoms with Crippen LogP contribution in [-0.2, 0) is 4.74 Å². The monoisotopic (exact) mass is 183 g/mol. The van der Waals surface area contributed by atoms with E-state index in [-0.39, 0.29) is 0 Å². The summed E-state index contributed by atoms with van der Waals surface area (Å²) in [5.74, 6) is 0. The number of hydrogen-bond donors (Lipinski definition) is 0. The molecule has 0 aromatic carbocycles. The minimum atomic E-state index is 0.876. The standard InChI is InChI=1S/C12H23O/c1-3-5-7-8-9-10-12-13-11-6-4-2/h6,11H,1,3-5,7-10,12H2,2H3. The van der Waals surface area contributed by atoms with Crippen LogP contribution < -0.4 is 0 Å². The lowest BCUT2D eigenvalue weighted by Crippen LogP contribution is -1.87. The summed E-state index contributed by atoms with van der Waals surface area (Å²) in [5, 5.41) is 0. The fourth-order valence-corrected chi connectivity index (χ4v) is 1.12. The minimum absolute atomic E-state index is 0.876. The lowest BCUT2D eigenvalue weighted by Gasteiger charge is -2.00. The summed E-state index contributed by atoms with van der Waals surface area (Å²) in [6.07, 6.45) is 12.4. The summed E-state index contributed by atoms with van der Waals surface area (Å²) < 4.78 is 5.29. The average Bonchev–Trinajstić information content (AvgIpc) is 2.16. The van der Waals surface area contributed by atoms with Crippen molar-refractivity contribution >= 4 is 0 Å². The molecule has 0 saturated carbocycles. The van der Waals surface area contributed by atoms with Crippen molar-refractivity contribution in [2.75, 3.05) is 6.61 Å². The SMILES string of the molecule is [CH2]CCCCCCCOC=CCC. The van der Waals surface area contributed by atoms with Crippen molar-refractivity contribution in [1.29, 1.82) is 0 Å². The van der Waals surface area contributed by atoms with Gasteiger partial charge in [-0.05, 0) is 12.8 Å². The third kappa shape index (κ3) is 11.5. The Bertz CT molecular complexity index is 108. The Morgan fingerprint density at radius 2 is 1.77 bits per heavy atom. The topological polar surface area (TPSA) is 9.23 Å². The van der Waals surface area contributed by atoms with E-state index in [0.29, 0.717) is 0 Å². The van der Waals surface area contributed by atoms with Gasteiger partial charge in [0.2, 0.25) is 0 Å². The largest absolute Gasteiger partial charge is 0.502 e. The molecule has 0 rings (SSSR count). The molecular formula is C12H23O. The van der Waals surface area contributed by atoms with Crippen molar-refractivity contribution in [1.82, 2.24) is 0 Å². The number of hydrogen-bond acceptors (Lipinski definition) is 1. The molecule has 1 radical (unpaired) electrons. The smallest absolute Gasteiger partial charge is 0.0873 e. The van der Waals surface area contributed by atoms with E-state index < -0.39 is 0 Å². The van der Waals surface area contributed by atoms with Crippen molar-refractivity contribution < 1.29 is 4.74 Å². The Balaban J connectivity index is 2.87. The van der Waals surface area contributed by atoms with Gasteiger partial charge in [0.05, 0.1) is 12.9 Å². The molecular weight excluding hydrogens is 160 g/mol. The van der Waals surface area contributed by atoms with Crippen molar-refractivity contribution in [3.63, 3.8) is 0 Å². The van der Waals surface area contributed by atoms with E-state index in [1.54, 1.807) is 0 Å². The second-order valence-corrected chi connectivity index (χ2v) is 3.27. The summed E-state index contributed by atoms with van der Waals surface area (Å²) in [6.45, 7) is 6.81. The molecule has 0 bridgehead atoms. The highest BCUT2D eigenvalue weighted by Crippen LogP contribution is 2.04. The molecule has 1 heteroatoms. The molecule has 0 aromatic rings. The van der Waals surface area contributed by atoms with Crippen LogP contribution >= 0.6 is 0 Å². The van der Waals surface area contributed by atoms with E-state index in [0.717, 1.165) is 19.4 Å². The molecule has 0 atom stereocenters. The van der Waals surface area contributed by atoms with E-state index in [1.165, 1.54) is 32.1 Å². The molecule has 0 unspecified atom stereocenters. The van der Waals surface area contributed by atoms with Crippen molar-refractivity contribution in [3.8, 4) is 0 Å². The molecule has 1 nitrogen and oxygen atoms in total. The first-order chi connectivity index (χ1) is 6.41. The average molecular weight is 183 g/mol. The first kappa shape index (κ1) is 12.5. The summed E-state index contributed by atoms with van der Waals surface area (Å²) in [7, 11) is 0. The Labute approximate surface area is 83.2 Å². The second kappa shape index (κ2) is 11.5. The van der Waals surface area contributed by atoms with E-state index in [9.17, 15) is 0 Å². The minimum Gasteiger partial charge on any atom is -0.502 e. The maximum absolute atomic E-state index is 5.29. The van der Waals surface area contributed by atoms with Crippen LogP contribution in [0.15, 0.2) is 12.3 Å². The fourth-order valence-electron chi connectivity index (χ4n) is 1.12. The zero-order valence-electron chi connectivity index (χ0n) is 8.93. The maximum atomic E-state index is 5.29. The van der Waals surface area contributed by atoms with Crippen LogP contribution in [0.1, 0.15) is 51.9 Å². The van der Waals surface area contributed by atoms with Crippen LogP contribution in [0.2, 0.25) is 0 Å². The predicted molar refractivity (Wildman–Crippen MR) is 58.4 cm³/mol. The normalized spacial score (nSPS) is 10.9. The first-order valence-corrected chi connectivity index (χ1v) is 5.47. The van der Waals surface area contributed by atoms with Gasteiger partial charge in [-0.15, -0.1) is 0 Å². The first-order valence-electron chi connectivity index (χ1n) is 5.47. The van der Waals surface area contributed by atoms with Crippen molar-refractivity contribution in [2.45, 2.75) is 51.9 Å². The molecule has 0 saturated heterocycles. The highest BCUT2D eigenvalue weighted by Gasteiger charge is 1.88. The molecule has 0 heterocycles. The third-order valence-corrected chi connectivity index (χ3v) is 1.94. The van der Waals surface area contributed by atoms with Crippen molar-refractivity contribution in [3.05, 3.63) is 19.3 Å². The van der Waals surface area contributed by atoms with Gasteiger partial charge in [-0.3, -0.25) is 0 Å². The Kier molecular flexibility index (Phi) is 11.1. The lowest BCUT2D eigenvalue weighted by molar-refractivity contribution is 0.239. The van der Waals surface area contributed by atoms with E-state index in [4.69, 9.17) is 4.74 Å². The zero-order chi connectivity index (χ0) is 9.78. The molecule has 0 aliphatic rings. The molecule has 13 heavy (non-hydrogen) atoms. The fraction of sp³-hybridized carbons (Fsp3) is 0.750. The van der Waals surface area contributed by atoms with Crippen LogP contribution in [0.4, 0.5) is 0 Å². The maximum Gasteiger partial charge on any atom is 0.0873 e. The summed E-state index contributed by atoms with van der Waals surface area (Å²) in [4.78, 5) is 0. The second-order valence-electron chi connectivity index (χ2n) is 3.27. The quantitative estimate of drug-likeness (QED) is 0.386. The predicted octanol–water partition coefficient (Wildman–Crippen LogP) is 4.10. The Morgan fingerprint density at radius 3 is 2.46 bits per heavy atom. The molecule has 0 aromatic heterocycles. The number of ether oxygens (including phenoxy) is 1. The van der Waals surface area contributed by atoms with E-state index >= 15 is 0 Å². The van der Waals surface area contributed by atoms with Crippen molar-refractivity contribution in [2.24, 2.45) is 0 Å². The van der Waals surface area contributed by atoms with Gasteiger partial charge in [0.15, 0.2) is 0 Å². The zero-order valence-corrected chi connectivity index (χ0v) is 8.93. The number of allylic oxidation sites excluding steroid dienone is 1. The highest BCUT2D eigenvalue weighted by molar-refractivity contribution is 4.70. The van der Waals surface area contributed by atoms with Crippen LogP contribution in [0.5, 0.6) is 0 Å². The van der Waals surface area contributed by atoms with Crippen LogP contribution in [0, 0.1) is 6.92 Å². The molecule has 0 N–H and O–H groups in total. The van der Waals surface area contributed by atoms with E-state index in [2.05, 4.69) is 13.8 Å². The third-order valence-electron chi connectivity index (χ3n) is 1.94.